The average Bonchev–Trinajstić information content (AvgIpc) is 0.714. The Morgan fingerprint density at radius 2 is 1.62 bits per heavy atom. The van der Waals surface area contributed by atoms with Crippen molar-refractivity contribution in [2.24, 2.45) is 22.0 Å². The van der Waals surface area contributed by atoms with E-state index in [0.29, 0.717) is 50.6 Å². The second-order valence-electron chi connectivity index (χ2n) is 25.8. The van der Waals surface area contributed by atoms with Crippen molar-refractivity contribution in [3.05, 3.63) is 120 Å². The van der Waals surface area contributed by atoms with Gasteiger partial charge < -0.3 is 69.9 Å². The molecule has 0 spiro atoms. The molecule has 4 aromatic carbocycles. The molecule has 3 amide bonds. The van der Waals surface area contributed by atoms with Crippen LogP contribution in [-0.2, 0) is 51.8 Å². The van der Waals surface area contributed by atoms with Crippen molar-refractivity contribution in [1.82, 2.24) is 30.0 Å². The summed E-state index contributed by atoms with van der Waals surface area (Å²) in [7, 11) is -2.90. The minimum absolute atomic E-state index is 0.0328. The maximum Gasteiger partial charge on any atom is 0.409 e. The Hall–Kier alpha value is -8.23. The number of pyridine rings is 1. The molecule has 8 atom stereocenters. The maximum atomic E-state index is 13.8. The van der Waals surface area contributed by atoms with Gasteiger partial charge in [0.2, 0.25) is 12.2 Å². The van der Waals surface area contributed by atoms with Crippen LogP contribution in [0.15, 0.2) is 97.2 Å². The van der Waals surface area contributed by atoms with Crippen LogP contribution in [0.25, 0.3) is 43.4 Å². The highest BCUT2D eigenvalue weighted by molar-refractivity contribution is 7.85. The van der Waals surface area contributed by atoms with Gasteiger partial charge in [0, 0.05) is 66.3 Å². The Kier molecular flexibility index (Phi) is 19.2. The number of ether oxygens (including phenoxy) is 6. The number of hydrogen-bond donors (Lipinski definition) is 9. The molecule has 4 heterocycles. The molecule has 12 rings (SSSR count). The number of para-hydroxylation sites is 1. The van der Waals surface area contributed by atoms with E-state index in [2.05, 4.69) is 29.5 Å². The summed E-state index contributed by atoms with van der Waals surface area (Å²) in [6.45, 7) is 6.92. The van der Waals surface area contributed by atoms with Crippen LogP contribution in [0.2, 0.25) is 0 Å². The van der Waals surface area contributed by atoms with Crippen LogP contribution in [-0.4, -0.2) is 188 Å². The fraction of sp³-hybridized carbons (Fsp3) is 0.446. The normalized spacial score (nSPS) is 25.0. The number of carbonyl (C=O) groups excluding carboxylic acids is 3. The van der Waals surface area contributed by atoms with E-state index in [0.717, 1.165) is 59.8 Å². The van der Waals surface area contributed by atoms with Gasteiger partial charge in [-0.15, -0.1) is 0 Å². The maximum absolute atomic E-state index is 13.8. The van der Waals surface area contributed by atoms with E-state index >= 15 is 0 Å². The highest BCUT2D eigenvalue weighted by atomic mass is 32.2. The lowest BCUT2D eigenvalue weighted by Crippen LogP contribution is -2.64. The summed E-state index contributed by atoms with van der Waals surface area (Å²) < 4.78 is 69.4. The Morgan fingerprint density at radius 1 is 0.851 bits per heavy atom. The zero-order valence-electron chi connectivity index (χ0n) is 51.9. The predicted octanol–water partition coefficient (Wildman–Crippen LogP) is 6.04. The molecule has 3 aromatic heterocycles. The fourth-order valence-electron chi connectivity index (χ4n) is 14.9. The molecule has 27 nitrogen and oxygen atoms in total. The fourth-order valence-corrected chi connectivity index (χ4v) is 16.4. The standard InChI is InChI=1S/C65H74N8O19S2/c1-36-44(41-16-17-46(69-50(41)57(79)80)38-13-12-37-8-7-9-42(43(37)24-38)55(77)71-60-70-47-10-5-6-11-49(47)93-60)26-68-73(36)35-64-30-62(2)29-63(3,31-64)33-65(32-62,34-64)90-21-19-72(4)61(83)89-27-39-14-15-40(91-59-53(76)51(74)52(75)54(92-59)58(81)82)25-48(39)88-23-22-87-20-18-67-56(78)45(66)28-94(84,85)86/h5-17,24-26,45,51-54,59,74-76H,18-23,27-35,66H2,1-4H3,(H,67,78)(H,79,80)(H,81,82)(H,70,71,77)(H,84,85,86)/t45?,51-,52-,53+,54-,59+,62?,63?,64?,65?/m0/s1. The number of nitrogens with zero attached hydrogens (tertiary/aromatic N) is 5. The van der Waals surface area contributed by atoms with E-state index in [1.54, 1.807) is 31.4 Å². The number of aliphatic hydroxyl groups excluding tert-OH is 3. The number of carbonyl (C=O) groups is 5. The van der Waals surface area contributed by atoms with Crippen molar-refractivity contribution in [1.29, 1.82) is 0 Å². The van der Waals surface area contributed by atoms with Gasteiger partial charge in [-0.25, -0.2) is 24.4 Å². The van der Waals surface area contributed by atoms with Crippen molar-refractivity contribution >= 4 is 77.4 Å². The number of amides is 3. The number of thiazole rings is 1. The number of carboxylic acid groups (broad SMARTS) is 2. The summed E-state index contributed by atoms with van der Waals surface area (Å²) >= 11 is 1.38. The van der Waals surface area contributed by atoms with E-state index in [1.165, 1.54) is 34.4 Å². The Bertz CT molecular complexity index is 4110. The predicted molar refractivity (Wildman–Crippen MR) is 341 cm³/mol. The van der Waals surface area contributed by atoms with Crippen LogP contribution in [0.1, 0.15) is 84.5 Å². The number of hydrogen-bond acceptors (Lipinski definition) is 21. The number of fused-ring (bicyclic) bond motifs is 2. The Balaban J connectivity index is 0.728. The summed E-state index contributed by atoms with van der Waals surface area (Å²) in [4.78, 5) is 75.1. The number of rotatable bonds is 26. The van der Waals surface area contributed by atoms with Gasteiger partial charge in [-0.05, 0) is 121 Å². The number of anilines is 1. The molecule has 94 heavy (non-hydrogen) atoms. The molecule has 4 aliphatic carbocycles. The lowest BCUT2D eigenvalue weighted by molar-refractivity contribution is -0.271. The molecule has 5 aliphatic rings. The lowest BCUT2D eigenvalue weighted by atomic mass is 9.39. The smallest absolute Gasteiger partial charge is 0.409 e. The molecule has 4 bridgehead atoms. The zero-order valence-corrected chi connectivity index (χ0v) is 53.6. The van der Waals surface area contributed by atoms with Crippen molar-refractivity contribution in [3.8, 4) is 33.9 Å². The summed E-state index contributed by atoms with van der Waals surface area (Å²) in [5.41, 5.74) is 9.00. The third-order valence-corrected chi connectivity index (χ3v) is 19.7. The first-order valence-electron chi connectivity index (χ1n) is 30.5. The minimum atomic E-state index is -4.49. The van der Waals surface area contributed by atoms with Crippen LogP contribution < -0.4 is 25.8 Å². The quantitative estimate of drug-likeness (QED) is 0.0220. The van der Waals surface area contributed by atoms with Crippen LogP contribution in [0, 0.1) is 23.2 Å². The lowest BCUT2D eigenvalue weighted by Gasteiger charge is -2.69. The van der Waals surface area contributed by atoms with Crippen molar-refractivity contribution in [2.75, 3.05) is 57.6 Å². The molecule has 29 heteroatoms. The first-order valence-corrected chi connectivity index (χ1v) is 32.9. The number of benzene rings is 4. The molecule has 0 radical (unpaired) electrons. The number of aromatic nitrogens is 4. The first kappa shape index (κ1) is 67.2. The van der Waals surface area contributed by atoms with Gasteiger partial charge in [0.05, 0.1) is 53.3 Å². The monoisotopic (exact) mass is 1330 g/mol. The number of aromatic carboxylic acids is 1. The summed E-state index contributed by atoms with van der Waals surface area (Å²) in [5, 5.41) is 63.6. The third-order valence-electron chi connectivity index (χ3n) is 17.9. The summed E-state index contributed by atoms with van der Waals surface area (Å²) in [5.74, 6) is -4.87. The zero-order chi connectivity index (χ0) is 67.1. The van der Waals surface area contributed by atoms with Gasteiger partial charge >= 0.3 is 18.0 Å². The summed E-state index contributed by atoms with van der Waals surface area (Å²) in [6, 6.07) is 25.0. The average molecular weight is 1340 g/mol. The number of nitrogens with one attached hydrogen (secondary N) is 2. The summed E-state index contributed by atoms with van der Waals surface area (Å²) in [6.07, 6.45) is -3.09. The minimum Gasteiger partial charge on any atom is -0.491 e. The Labute approximate surface area is 543 Å². The highest BCUT2D eigenvalue weighted by Crippen LogP contribution is 2.72. The van der Waals surface area contributed by atoms with Crippen LogP contribution in [0.5, 0.6) is 11.5 Å². The molecule has 4 saturated carbocycles. The number of nitrogens with two attached hydrogens (primary N) is 1. The Morgan fingerprint density at radius 3 is 2.35 bits per heavy atom. The SMILES string of the molecule is Cc1c(-c2ccc(-c3ccc4cccc(C(=O)Nc5nc6ccccc6s5)c4c3)nc2C(=O)O)cnn1CC12CC3(C)CC(C)(C1)CC(OCCN(C)C(=O)OCc1ccc(O[C@@H]4O[C@H](C(=O)O)[C@@H](O)[C@H](O)[C@H]4O)cc1OCCOCCNC(=O)C(N)CS(=O)(=O)O)(C3)C2. The van der Waals surface area contributed by atoms with Crippen molar-refractivity contribution in [3.63, 3.8) is 0 Å². The van der Waals surface area contributed by atoms with Crippen LogP contribution >= 0.6 is 11.3 Å². The highest BCUT2D eigenvalue weighted by Gasteiger charge is 2.66. The molecular weight excluding hydrogens is 1260 g/mol. The molecule has 1 saturated heterocycles. The largest absolute Gasteiger partial charge is 0.491 e. The van der Waals surface area contributed by atoms with Gasteiger partial charge in [0.15, 0.2) is 16.9 Å². The molecule has 500 valence electrons. The second kappa shape index (κ2) is 26.9. The molecule has 10 N–H and O–H groups in total. The molecule has 5 fully saturated rings. The number of aliphatic carboxylic acids is 1. The van der Waals surface area contributed by atoms with E-state index in [4.69, 9.17) is 48.8 Å². The number of likely N-dealkylation sites (N-methyl/N-ethyl adjacent to an activating group) is 1. The third kappa shape index (κ3) is 14.8. The van der Waals surface area contributed by atoms with Gasteiger partial charge in [-0.3, -0.25) is 24.1 Å². The van der Waals surface area contributed by atoms with Gasteiger partial charge in [0.25, 0.3) is 16.0 Å². The van der Waals surface area contributed by atoms with E-state index in [9.17, 15) is 57.9 Å². The molecule has 3 unspecified atom stereocenters. The van der Waals surface area contributed by atoms with Crippen LogP contribution in [0.3, 0.4) is 0 Å². The molecular formula is C65H74N8O19S2. The molecule has 7 aromatic rings. The van der Waals surface area contributed by atoms with Gasteiger partial charge in [-0.2, -0.15) is 13.5 Å². The van der Waals surface area contributed by atoms with Crippen molar-refractivity contribution in [2.45, 2.75) is 115 Å². The topological polar surface area (TPSA) is 393 Å². The van der Waals surface area contributed by atoms with Gasteiger partial charge in [0.1, 0.15) is 49.1 Å². The second-order valence-corrected chi connectivity index (χ2v) is 28.3. The van der Waals surface area contributed by atoms with Gasteiger partial charge in [-0.1, -0.05) is 61.6 Å². The number of aliphatic hydroxyl groups is 3. The van der Waals surface area contributed by atoms with E-state index in [-0.39, 0.29) is 85.5 Å². The first-order chi connectivity index (χ1) is 44.6. The number of carboxylic acids is 2. The van der Waals surface area contributed by atoms with E-state index < -0.39 is 82.2 Å². The van der Waals surface area contributed by atoms with Crippen LogP contribution in [0.4, 0.5) is 9.93 Å². The van der Waals surface area contributed by atoms with Crippen molar-refractivity contribution < 1.29 is 90.9 Å². The molecule has 1 aliphatic heterocycles. The van der Waals surface area contributed by atoms with E-state index in [1.807, 2.05) is 66.2 Å².